The SMILES string of the molecule is O=C(NC[C@@H]1COc2ccccc2O1)C1CCN(S(=O)(=O)c2ccc3ccccc3c2)CC1. The number of hydrogen-bond donors (Lipinski definition) is 1. The molecule has 2 aliphatic rings. The van der Waals surface area contributed by atoms with E-state index < -0.39 is 10.0 Å². The lowest BCUT2D eigenvalue weighted by Gasteiger charge is -2.31. The predicted molar refractivity (Wildman–Crippen MR) is 125 cm³/mol. The first-order valence-corrected chi connectivity index (χ1v) is 12.6. The molecule has 0 aliphatic carbocycles. The van der Waals surface area contributed by atoms with Gasteiger partial charge in [-0.3, -0.25) is 4.79 Å². The van der Waals surface area contributed by atoms with Crippen molar-refractivity contribution in [2.24, 2.45) is 5.92 Å². The van der Waals surface area contributed by atoms with Crippen LogP contribution in [0.2, 0.25) is 0 Å². The number of rotatable bonds is 5. The highest BCUT2D eigenvalue weighted by Gasteiger charge is 2.32. The van der Waals surface area contributed by atoms with E-state index in [0.717, 1.165) is 10.8 Å². The zero-order chi connectivity index (χ0) is 22.8. The molecule has 0 spiro atoms. The summed E-state index contributed by atoms with van der Waals surface area (Å²) in [6.45, 7) is 1.37. The van der Waals surface area contributed by atoms with Gasteiger partial charge in [-0.1, -0.05) is 42.5 Å². The summed E-state index contributed by atoms with van der Waals surface area (Å²) < 4.78 is 39.3. The number of para-hydroxylation sites is 2. The van der Waals surface area contributed by atoms with Gasteiger partial charge in [0.1, 0.15) is 12.7 Å². The zero-order valence-electron chi connectivity index (χ0n) is 18.1. The molecule has 33 heavy (non-hydrogen) atoms. The first kappa shape index (κ1) is 21.7. The quantitative estimate of drug-likeness (QED) is 0.624. The Morgan fingerprint density at radius 2 is 1.64 bits per heavy atom. The van der Waals surface area contributed by atoms with Crippen LogP contribution in [0, 0.1) is 5.92 Å². The van der Waals surface area contributed by atoms with Crippen molar-refractivity contribution >= 4 is 26.7 Å². The number of amides is 1. The Balaban J connectivity index is 1.15. The molecular weight excluding hydrogens is 440 g/mol. The molecule has 172 valence electrons. The fourth-order valence-electron chi connectivity index (χ4n) is 4.36. The van der Waals surface area contributed by atoms with Crippen molar-refractivity contribution in [2.75, 3.05) is 26.2 Å². The summed E-state index contributed by atoms with van der Waals surface area (Å²) in [5, 5.41) is 4.84. The van der Waals surface area contributed by atoms with Crippen molar-refractivity contribution in [3.8, 4) is 11.5 Å². The van der Waals surface area contributed by atoms with Crippen molar-refractivity contribution in [1.82, 2.24) is 9.62 Å². The Kier molecular flexibility index (Phi) is 5.95. The minimum absolute atomic E-state index is 0.0692. The Bertz CT molecular complexity index is 1270. The van der Waals surface area contributed by atoms with E-state index in [0.29, 0.717) is 55.5 Å². The van der Waals surface area contributed by atoms with Gasteiger partial charge in [-0.15, -0.1) is 0 Å². The van der Waals surface area contributed by atoms with E-state index in [1.165, 1.54) is 4.31 Å². The molecule has 3 aromatic rings. The van der Waals surface area contributed by atoms with Gasteiger partial charge in [0.25, 0.3) is 0 Å². The largest absolute Gasteiger partial charge is 0.486 e. The molecule has 5 rings (SSSR count). The number of nitrogens with one attached hydrogen (secondary N) is 1. The molecule has 2 heterocycles. The maximum Gasteiger partial charge on any atom is 0.243 e. The number of carbonyl (C=O) groups excluding carboxylic acids is 1. The normalized spacial score (nSPS) is 19.3. The standard InChI is InChI=1S/C25H26N2O5S/c28-25(26-16-21-17-31-23-7-3-4-8-24(23)32-21)19-11-13-27(14-12-19)33(29,30)22-10-9-18-5-1-2-6-20(18)15-22/h1-10,15,19,21H,11-14,16-17H2,(H,26,28)/t21-/m1/s1. The molecule has 0 saturated carbocycles. The molecule has 2 aliphatic heterocycles. The summed E-state index contributed by atoms with van der Waals surface area (Å²) in [5.74, 6) is 1.10. The third-order valence-corrected chi connectivity index (χ3v) is 8.15. The van der Waals surface area contributed by atoms with Crippen LogP contribution in [0.5, 0.6) is 11.5 Å². The van der Waals surface area contributed by atoms with Crippen LogP contribution in [0.25, 0.3) is 10.8 Å². The molecule has 1 saturated heterocycles. The van der Waals surface area contributed by atoms with Crippen molar-refractivity contribution in [3.05, 3.63) is 66.7 Å². The smallest absolute Gasteiger partial charge is 0.243 e. The molecule has 1 fully saturated rings. The van der Waals surface area contributed by atoms with Crippen molar-refractivity contribution < 1.29 is 22.7 Å². The number of ether oxygens (including phenoxy) is 2. The summed E-state index contributed by atoms with van der Waals surface area (Å²) >= 11 is 0. The summed E-state index contributed by atoms with van der Waals surface area (Å²) in [6.07, 6.45) is 0.727. The number of piperidine rings is 1. The molecular formula is C25H26N2O5S. The van der Waals surface area contributed by atoms with E-state index in [1.54, 1.807) is 12.1 Å². The number of carbonyl (C=O) groups is 1. The molecule has 0 aromatic heterocycles. The van der Waals surface area contributed by atoms with Gasteiger partial charge in [-0.2, -0.15) is 4.31 Å². The molecule has 8 heteroatoms. The molecule has 0 unspecified atom stereocenters. The second kappa shape index (κ2) is 9.03. The van der Waals surface area contributed by atoms with E-state index in [2.05, 4.69) is 5.32 Å². The van der Waals surface area contributed by atoms with Crippen LogP contribution in [0.4, 0.5) is 0 Å². The molecule has 1 atom stereocenters. The van der Waals surface area contributed by atoms with Gasteiger partial charge in [0.05, 0.1) is 11.4 Å². The highest BCUT2D eigenvalue weighted by atomic mass is 32.2. The number of nitrogens with zero attached hydrogens (tertiary/aromatic N) is 1. The Morgan fingerprint density at radius 3 is 2.42 bits per heavy atom. The summed E-state index contributed by atoms with van der Waals surface area (Å²) in [7, 11) is -3.60. The van der Waals surface area contributed by atoms with Crippen LogP contribution < -0.4 is 14.8 Å². The maximum absolute atomic E-state index is 13.1. The van der Waals surface area contributed by atoms with E-state index in [4.69, 9.17) is 9.47 Å². The third kappa shape index (κ3) is 4.54. The monoisotopic (exact) mass is 466 g/mol. The highest BCUT2D eigenvalue weighted by Crippen LogP contribution is 2.31. The maximum atomic E-state index is 13.1. The lowest BCUT2D eigenvalue weighted by atomic mass is 9.97. The van der Waals surface area contributed by atoms with E-state index >= 15 is 0 Å². The molecule has 1 amide bonds. The van der Waals surface area contributed by atoms with Crippen LogP contribution in [-0.4, -0.2) is 51.0 Å². The van der Waals surface area contributed by atoms with E-state index in [-0.39, 0.29) is 17.9 Å². The van der Waals surface area contributed by atoms with E-state index in [9.17, 15) is 13.2 Å². The van der Waals surface area contributed by atoms with Crippen LogP contribution in [0.3, 0.4) is 0 Å². The van der Waals surface area contributed by atoms with Gasteiger partial charge in [0.15, 0.2) is 11.5 Å². The average molecular weight is 467 g/mol. The molecule has 3 aromatic carbocycles. The zero-order valence-corrected chi connectivity index (χ0v) is 19.0. The van der Waals surface area contributed by atoms with Gasteiger partial charge in [0.2, 0.25) is 15.9 Å². The van der Waals surface area contributed by atoms with Crippen molar-refractivity contribution in [3.63, 3.8) is 0 Å². The fourth-order valence-corrected chi connectivity index (χ4v) is 5.86. The fraction of sp³-hybridized carbons (Fsp3) is 0.320. The van der Waals surface area contributed by atoms with Gasteiger partial charge >= 0.3 is 0 Å². The number of sulfonamides is 1. The van der Waals surface area contributed by atoms with Crippen LogP contribution in [0.1, 0.15) is 12.8 Å². The Labute approximate surface area is 193 Å². The van der Waals surface area contributed by atoms with Crippen LogP contribution >= 0.6 is 0 Å². The average Bonchev–Trinajstić information content (AvgIpc) is 2.87. The Morgan fingerprint density at radius 1 is 0.939 bits per heavy atom. The second-order valence-electron chi connectivity index (χ2n) is 8.43. The minimum atomic E-state index is -3.60. The minimum Gasteiger partial charge on any atom is -0.486 e. The van der Waals surface area contributed by atoms with Crippen LogP contribution in [-0.2, 0) is 14.8 Å². The highest BCUT2D eigenvalue weighted by molar-refractivity contribution is 7.89. The summed E-state index contributed by atoms with van der Waals surface area (Å²) in [6, 6.07) is 20.3. The van der Waals surface area contributed by atoms with Crippen LogP contribution in [0.15, 0.2) is 71.6 Å². The first-order chi connectivity index (χ1) is 16.0. The van der Waals surface area contributed by atoms with Crippen molar-refractivity contribution in [2.45, 2.75) is 23.8 Å². The molecule has 1 N–H and O–H groups in total. The molecule has 7 nitrogen and oxygen atoms in total. The first-order valence-electron chi connectivity index (χ1n) is 11.2. The molecule has 0 bridgehead atoms. The van der Waals surface area contributed by atoms with Gasteiger partial charge in [-0.05, 0) is 47.9 Å². The topological polar surface area (TPSA) is 84.9 Å². The summed E-state index contributed by atoms with van der Waals surface area (Å²) in [5.41, 5.74) is 0. The number of benzene rings is 3. The van der Waals surface area contributed by atoms with Gasteiger partial charge in [-0.25, -0.2) is 8.42 Å². The second-order valence-corrected chi connectivity index (χ2v) is 10.4. The molecule has 0 radical (unpaired) electrons. The van der Waals surface area contributed by atoms with Crippen molar-refractivity contribution in [1.29, 1.82) is 0 Å². The van der Waals surface area contributed by atoms with Gasteiger partial charge < -0.3 is 14.8 Å². The third-order valence-electron chi connectivity index (χ3n) is 6.25. The number of hydrogen-bond acceptors (Lipinski definition) is 5. The van der Waals surface area contributed by atoms with Gasteiger partial charge in [0, 0.05) is 19.0 Å². The lowest BCUT2D eigenvalue weighted by Crippen LogP contribution is -2.46. The summed E-state index contributed by atoms with van der Waals surface area (Å²) in [4.78, 5) is 13.0. The lowest BCUT2D eigenvalue weighted by molar-refractivity contribution is -0.126. The number of fused-ring (bicyclic) bond motifs is 2. The Hall–Kier alpha value is -3.10. The van der Waals surface area contributed by atoms with E-state index in [1.807, 2.05) is 54.6 Å². The predicted octanol–water partition coefficient (Wildman–Crippen LogP) is 3.20.